The van der Waals surface area contributed by atoms with Crippen LogP contribution < -0.4 is 5.32 Å². The predicted octanol–water partition coefficient (Wildman–Crippen LogP) is 2.58. The van der Waals surface area contributed by atoms with Crippen molar-refractivity contribution in [2.45, 2.75) is 58.5 Å². The van der Waals surface area contributed by atoms with Crippen molar-refractivity contribution >= 4 is 0 Å². The molecule has 1 aliphatic heterocycles. The van der Waals surface area contributed by atoms with Gasteiger partial charge in [-0.15, -0.1) is 0 Å². The normalized spacial score (nSPS) is 30.5. The number of nitrogens with one attached hydrogen (secondary N) is 1. The Hall–Kier alpha value is -0.120. The van der Waals surface area contributed by atoms with Crippen molar-refractivity contribution in [1.82, 2.24) is 5.32 Å². The second kappa shape index (κ2) is 7.05. The highest BCUT2D eigenvalue weighted by molar-refractivity contribution is 4.83. The molecule has 2 fully saturated rings. The molecule has 112 valence electrons. The summed E-state index contributed by atoms with van der Waals surface area (Å²) < 4.78 is 5.46. The van der Waals surface area contributed by atoms with Gasteiger partial charge in [0.15, 0.2) is 0 Å². The Morgan fingerprint density at radius 1 is 1.05 bits per heavy atom. The van der Waals surface area contributed by atoms with E-state index in [4.69, 9.17) is 4.74 Å². The van der Waals surface area contributed by atoms with Gasteiger partial charge in [-0.3, -0.25) is 0 Å². The Morgan fingerprint density at radius 2 is 1.68 bits per heavy atom. The van der Waals surface area contributed by atoms with Gasteiger partial charge in [-0.2, -0.15) is 0 Å². The molecule has 0 aromatic rings. The quantitative estimate of drug-likeness (QED) is 0.806. The molecule has 0 aromatic carbocycles. The molecular weight excluding hydrogens is 238 g/mol. The Morgan fingerprint density at radius 3 is 2.32 bits per heavy atom. The first-order valence-electron chi connectivity index (χ1n) is 8.04. The van der Waals surface area contributed by atoms with Crippen LogP contribution in [0.2, 0.25) is 0 Å². The molecule has 2 N–H and O–H groups in total. The molecule has 0 amide bonds. The van der Waals surface area contributed by atoms with Crippen LogP contribution in [0.15, 0.2) is 0 Å². The lowest BCUT2D eigenvalue weighted by Gasteiger charge is -2.37. The van der Waals surface area contributed by atoms with Gasteiger partial charge in [0.25, 0.3) is 0 Å². The second-order valence-corrected chi connectivity index (χ2v) is 7.18. The lowest BCUT2D eigenvalue weighted by atomic mass is 9.74. The van der Waals surface area contributed by atoms with Gasteiger partial charge in [0.05, 0.1) is 6.10 Å². The van der Waals surface area contributed by atoms with Crippen LogP contribution in [-0.4, -0.2) is 37.5 Å². The summed E-state index contributed by atoms with van der Waals surface area (Å²) in [6.07, 6.45) is 6.76. The van der Waals surface area contributed by atoms with Gasteiger partial charge >= 0.3 is 0 Å². The van der Waals surface area contributed by atoms with Crippen molar-refractivity contribution in [1.29, 1.82) is 0 Å². The molecule has 0 aromatic heterocycles. The minimum absolute atomic E-state index is 0.0325. The number of hydrogen-bond donors (Lipinski definition) is 2. The minimum Gasteiger partial charge on any atom is -0.393 e. The van der Waals surface area contributed by atoms with Gasteiger partial charge < -0.3 is 15.2 Å². The van der Waals surface area contributed by atoms with Gasteiger partial charge in [-0.1, -0.05) is 13.8 Å². The summed E-state index contributed by atoms with van der Waals surface area (Å²) in [5.41, 5.74) is 0.373. The zero-order valence-electron chi connectivity index (χ0n) is 12.7. The molecule has 1 aliphatic carbocycles. The molecular formula is C16H31NO2. The lowest BCUT2D eigenvalue weighted by Crippen LogP contribution is -2.40. The highest BCUT2D eigenvalue weighted by Gasteiger charge is 2.30. The number of rotatable bonds is 5. The number of aliphatic hydroxyl groups is 1. The molecule has 0 atom stereocenters. The van der Waals surface area contributed by atoms with E-state index in [9.17, 15) is 5.11 Å². The third kappa shape index (κ3) is 4.73. The van der Waals surface area contributed by atoms with Crippen LogP contribution in [-0.2, 0) is 4.74 Å². The second-order valence-electron chi connectivity index (χ2n) is 7.18. The maximum Gasteiger partial charge on any atom is 0.0540 e. The highest BCUT2D eigenvalue weighted by atomic mass is 16.5. The molecule has 2 rings (SSSR count). The first-order valence-corrected chi connectivity index (χ1v) is 8.04. The Labute approximate surface area is 118 Å². The first kappa shape index (κ1) is 15.3. The van der Waals surface area contributed by atoms with Crippen molar-refractivity contribution in [3.05, 3.63) is 0 Å². The molecule has 2 aliphatic rings. The van der Waals surface area contributed by atoms with Crippen LogP contribution in [0.5, 0.6) is 0 Å². The largest absolute Gasteiger partial charge is 0.393 e. The van der Waals surface area contributed by atoms with Gasteiger partial charge in [0.1, 0.15) is 0 Å². The van der Waals surface area contributed by atoms with E-state index in [1.54, 1.807) is 0 Å². The van der Waals surface area contributed by atoms with Gasteiger partial charge in [0.2, 0.25) is 0 Å². The zero-order chi connectivity index (χ0) is 13.7. The summed E-state index contributed by atoms with van der Waals surface area (Å²) in [5, 5.41) is 13.2. The van der Waals surface area contributed by atoms with E-state index in [0.717, 1.165) is 51.0 Å². The summed E-state index contributed by atoms with van der Waals surface area (Å²) >= 11 is 0. The van der Waals surface area contributed by atoms with Crippen LogP contribution in [0, 0.1) is 17.3 Å². The Kier molecular flexibility index (Phi) is 5.67. The standard InChI is InChI=1S/C16H31NO2/c1-16(2,14-7-9-19-10-8-14)12-17-11-13-3-5-15(18)6-4-13/h13-15,17-18H,3-12H2,1-2H3. The SMILES string of the molecule is CC(C)(CNCC1CCC(O)CC1)C1CCOCC1. The van der Waals surface area contributed by atoms with Crippen LogP contribution >= 0.6 is 0 Å². The Balaban J connectivity index is 1.66. The van der Waals surface area contributed by atoms with Gasteiger partial charge in [-0.25, -0.2) is 0 Å². The average molecular weight is 269 g/mol. The maximum absolute atomic E-state index is 9.52. The van der Waals surface area contributed by atoms with Crippen LogP contribution in [0.1, 0.15) is 52.4 Å². The molecule has 0 bridgehead atoms. The van der Waals surface area contributed by atoms with E-state index >= 15 is 0 Å². The van der Waals surface area contributed by atoms with Crippen molar-refractivity contribution in [3.63, 3.8) is 0 Å². The van der Waals surface area contributed by atoms with Crippen molar-refractivity contribution in [3.8, 4) is 0 Å². The molecule has 1 heterocycles. The minimum atomic E-state index is -0.0325. The van der Waals surface area contributed by atoms with E-state index in [0.29, 0.717) is 5.41 Å². The molecule has 0 radical (unpaired) electrons. The fourth-order valence-corrected chi connectivity index (χ4v) is 3.57. The fourth-order valence-electron chi connectivity index (χ4n) is 3.57. The van der Waals surface area contributed by atoms with E-state index in [2.05, 4.69) is 19.2 Å². The Bertz CT molecular complexity index is 253. The molecule has 1 saturated carbocycles. The molecule has 0 spiro atoms. The summed E-state index contributed by atoms with van der Waals surface area (Å²) in [7, 11) is 0. The van der Waals surface area contributed by atoms with Crippen molar-refractivity contribution < 1.29 is 9.84 Å². The molecule has 0 unspecified atom stereocenters. The first-order chi connectivity index (χ1) is 9.08. The van der Waals surface area contributed by atoms with Crippen LogP contribution in [0.4, 0.5) is 0 Å². The molecule has 19 heavy (non-hydrogen) atoms. The predicted molar refractivity (Wildman–Crippen MR) is 78.2 cm³/mol. The average Bonchev–Trinajstić information content (AvgIpc) is 2.42. The van der Waals surface area contributed by atoms with E-state index < -0.39 is 0 Å². The molecule has 1 saturated heterocycles. The van der Waals surface area contributed by atoms with Gasteiger partial charge in [0, 0.05) is 19.8 Å². The number of ether oxygens (including phenoxy) is 1. The van der Waals surface area contributed by atoms with Crippen molar-refractivity contribution in [2.75, 3.05) is 26.3 Å². The molecule has 3 heteroatoms. The molecule has 3 nitrogen and oxygen atoms in total. The zero-order valence-corrected chi connectivity index (χ0v) is 12.7. The number of hydrogen-bond acceptors (Lipinski definition) is 3. The summed E-state index contributed by atoms with van der Waals surface area (Å²) in [5.74, 6) is 1.57. The van der Waals surface area contributed by atoms with E-state index in [1.807, 2.05) is 0 Å². The third-order valence-corrected chi connectivity index (χ3v) is 5.16. The monoisotopic (exact) mass is 269 g/mol. The third-order valence-electron chi connectivity index (χ3n) is 5.16. The van der Waals surface area contributed by atoms with Gasteiger partial charge in [-0.05, 0) is 62.3 Å². The topological polar surface area (TPSA) is 41.5 Å². The highest BCUT2D eigenvalue weighted by Crippen LogP contribution is 2.34. The van der Waals surface area contributed by atoms with E-state index in [1.165, 1.54) is 25.7 Å². The van der Waals surface area contributed by atoms with E-state index in [-0.39, 0.29) is 6.10 Å². The van der Waals surface area contributed by atoms with Crippen LogP contribution in [0.25, 0.3) is 0 Å². The smallest absolute Gasteiger partial charge is 0.0540 e. The fraction of sp³-hybridized carbons (Fsp3) is 1.00. The number of aliphatic hydroxyl groups excluding tert-OH is 1. The summed E-state index contributed by atoms with van der Waals surface area (Å²) in [4.78, 5) is 0. The van der Waals surface area contributed by atoms with Crippen molar-refractivity contribution in [2.24, 2.45) is 17.3 Å². The maximum atomic E-state index is 9.52. The summed E-state index contributed by atoms with van der Waals surface area (Å²) in [6, 6.07) is 0. The lowest BCUT2D eigenvalue weighted by molar-refractivity contribution is 0.0222. The van der Waals surface area contributed by atoms with Crippen LogP contribution in [0.3, 0.4) is 0 Å². The summed E-state index contributed by atoms with van der Waals surface area (Å²) in [6.45, 7) is 8.89.